The third-order valence-electron chi connectivity index (χ3n) is 3.68. The number of rotatable bonds is 6. The fourth-order valence-corrected chi connectivity index (χ4v) is 2.58. The molecule has 0 radical (unpaired) electrons. The van der Waals surface area contributed by atoms with Crippen LogP contribution in [0.4, 0.5) is 4.39 Å². The molecule has 112 valence electrons. The van der Waals surface area contributed by atoms with Crippen molar-refractivity contribution in [1.82, 2.24) is 0 Å². The van der Waals surface area contributed by atoms with Crippen LogP contribution in [0.25, 0.3) is 0 Å². The van der Waals surface area contributed by atoms with Gasteiger partial charge >= 0.3 is 0 Å². The molecule has 0 saturated heterocycles. The Morgan fingerprint density at radius 2 is 1.81 bits per heavy atom. The van der Waals surface area contributed by atoms with Gasteiger partial charge in [0.05, 0.1) is 7.11 Å². The first-order valence-electron chi connectivity index (χ1n) is 7.20. The fourth-order valence-electron chi connectivity index (χ4n) is 2.58. The molecule has 1 atom stereocenters. The summed E-state index contributed by atoms with van der Waals surface area (Å²) in [6, 6.07) is 13.6. The molecular formula is C18H22FNO. The van der Waals surface area contributed by atoms with Crippen molar-refractivity contribution in [2.75, 3.05) is 13.7 Å². The molecular weight excluding hydrogens is 265 g/mol. The van der Waals surface area contributed by atoms with Crippen LogP contribution < -0.4 is 10.5 Å². The van der Waals surface area contributed by atoms with Crippen LogP contribution in [0.15, 0.2) is 42.5 Å². The van der Waals surface area contributed by atoms with Crippen molar-refractivity contribution in [2.45, 2.75) is 19.8 Å². The topological polar surface area (TPSA) is 35.2 Å². The van der Waals surface area contributed by atoms with Crippen molar-refractivity contribution in [2.24, 2.45) is 11.7 Å². The number of aryl methyl sites for hydroxylation is 1. The van der Waals surface area contributed by atoms with Gasteiger partial charge in [0, 0.05) is 0 Å². The lowest BCUT2D eigenvalue weighted by Crippen LogP contribution is -2.19. The minimum atomic E-state index is -0.318. The highest BCUT2D eigenvalue weighted by molar-refractivity contribution is 5.30. The monoisotopic (exact) mass is 287 g/mol. The zero-order valence-corrected chi connectivity index (χ0v) is 12.6. The summed E-state index contributed by atoms with van der Waals surface area (Å²) < 4.78 is 18.7. The Hall–Kier alpha value is -1.87. The molecule has 2 nitrogen and oxygen atoms in total. The number of methoxy groups -OCH3 is 1. The van der Waals surface area contributed by atoms with E-state index in [-0.39, 0.29) is 11.6 Å². The predicted octanol–water partition coefficient (Wildman–Crippen LogP) is 3.50. The van der Waals surface area contributed by atoms with E-state index in [1.807, 2.05) is 6.07 Å². The van der Waals surface area contributed by atoms with Gasteiger partial charge in [-0.25, -0.2) is 4.39 Å². The molecule has 0 fully saturated rings. The van der Waals surface area contributed by atoms with Gasteiger partial charge in [-0.05, 0) is 55.5 Å². The van der Waals surface area contributed by atoms with Crippen LogP contribution in [0.5, 0.6) is 5.75 Å². The minimum absolute atomic E-state index is 0.279. The normalized spacial score (nSPS) is 12.2. The Balaban J connectivity index is 2.07. The lowest BCUT2D eigenvalue weighted by atomic mass is 9.92. The second-order valence-corrected chi connectivity index (χ2v) is 5.47. The zero-order chi connectivity index (χ0) is 15.2. The number of halogens is 1. The van der Waals surface area contributed by atoms with E-state index in [0.29, 0.717) is 12.5 Å². The first-order chi connectivity index (χ1) is 10.1. The molecule has 0 saturated carbocycles. The van der Waals surface area contributed by atoms with Crippen molar-refractivity contribution in [1.29, 1.82) is 0 Å². The second-order valence-electron chi connectivity index (χ2n) is 5.47. The van der Waals surface area contributed by atoms with Gasteiger partial charge in [-0.15, -0.1) is 0 Å². The van der Waals surface area contributed by atoms with E-state index in [9.17, 15) is 4.39 Å². The second kappa shape index (κ2) is 7.23. The third kappa shape index (κ3) is 4.30. The molecule has 21 heavy (non-hydrogen) atoms. The number of benzene rings is 2. The van der Waals surface area contributed by atoms with Crippen molar-refractivity contribution < 1.29 is 9.13 Å². The van der Waals surface area contributed by atoms with Crippen LogP contribution in [-0.2, 0) is 12.8 Å². The van der Waals surface area contributed by atoms with Crippen LogP contribution in [0.1, 0.15) is 16.7 Å². The van der Waals surface area contributed by atoms with Crippen LogP contribution in [0.2, 0.25) is 0 Å². The lowest BCUT2D eigenvalue weighted by molar-refractivity contribution is 0.385. The van der Waals surface area contributed by atoms with Crippen LogP contribution in [0, 0.1) is 18.7 Å². The molecule has 2 aromatic rings. The molecule has 3 heteroatoms. The van der Waals surface area contributed by atoms with E-state index >= 15 is 0 Å². The summed E-state index contributed by atoms with van der Waals surface area (Å²) in [5, 5.41) is 0. The van der Waals surface area contributed by atoms with Gasteiger partial charge in [0.1, 0.15) is 0 Å². The molecule has 1 unspecified atom stereocenters. The maximum absolute atomic E-state index is 13.7. The summed E-state index contributed by atoms with van der Waals surface area (Å²) >= 11 is 0. The summed E-state index contributed by atoms with van der Waals surface area (Å²) in [4.78, 5) is 0. The van der Waals surface area contributed by atoms with Gasteiger partial charge in [0.15, 0.2) is 11.6 Å². The quantitative estimate of drug-likeness (QED) is 0.882. The van der Waals surface area contributed by atoms with Crippen LogP contribution in [0.3, 0.4) is 0 Å². The van der Waals surface area contributed by atoms with Crippen molar-refractivity contribution >= 4 is 0 Å². The summed E-state index contributed by atoms with van der Waals surface area (Å²) in [7, 11) is 1.47. The first kappa shape index (κ1) is 15.5. The maximum Gasteiger partial charge on any atom is 0.165 e. The first-order valence-corrected chi connectivity index (χ1v) is 7.20. The summed E-state index contributed by atoms with van der Waals surface area (Å²) in [5.74, 6) is 0.266. The Morgan fingerprint density at radius 1 is 1.10 bits per heavy atom. The zero-order valence-electron chi connectivity index (χ0n) is 12.6. The van der Waals surface area contributed by atoms with E-state index in [0.717, 1.165) is 18.4 Å². The number of ether oxygens (including phenoxy) is 1. The molecule has 2 aromatic carbocycles. The summed E-state index contributed by atoms with van der Waals surface area (Å²) in [6.45, 7) is 2.67. The van der Waals surface area contributed by atoms with E-state index in [1.54, 1.807) is 6.07 Å². The number of hydrogen-bond donors (Lipinski definition) is 1. The Labute approximate surface area is 125 Å². The lowest BCUT2D eigenvalue weighted by Gasteiger charge is -2.16. The third-order valence-corrected chi connectivity index (χ3v) is 3.68. The van der Waals surface area contributed by atoms with Gasteiger partial charge in [0.2, 0.25) is 0 Å². The van der Waals surface area contributed by atoms with E-state index in [4.69, 9.17) is 10.5 Å². The van der Waals surface area contributed by atoms with Gasteiger partial charge in [-0.3, -0.25) is 0 Å². The summed E-state index contributed by atoms with van der Waals surface area (Å²) in [6.07, 6.45) is 1.68. The van der Waals surface area contributed by atoms with Crippen molar-refractivity contribution in [3.8, 4) is 5.75 Å². The molecule has 0 spiro atoms. The smallest absolute Gasteiger partial charge is 0.165 e. The Kier molecular flexibility index (Phi) is 5.34. The van der Waals surface area contributed by atoms with Gasteiger partial charge < -0.3 is 10.5 Å². The molecule has 0 bridgehead atoms. The SMILES string of the molecule is COc1ccc(CC(CN)Cc2cccc(C)c2)cc1F. The van der Waals surface area contributed by atoms with Crippen molar-refractivity contribution in [3.05, 3.63) is 65.0 Å². The molecule has 0 aliphatic heterocycles. The Bertz CT molecular complexity index is 598. The van der Waals surface area contributed by atoms with E-state index in [2.05, 4.69) is 31.2 Å². The molecule has 0 aromatic heterocycles. The molecule has 0 amide bonds. The largest absolute Gasteiger partial charge is 0.494 e. The predicted molar refractivity (Wildman–Crippen MR) is 84.1 cm³/mol. The Morgan fingerprint density at radius 3 is 2.38 bits per heavy atom. The molecule has 2 N–H and O–H groups in total. The molecule has 0 aliphatic rings. The van der Waals surface area contributed by atoms with Crippen LogP contribution in [-0.4, -0.2) is 13.7 Å². The van der Waals surface area contributed by atoms with Crippen molar-refractivity contribution in [3.63, 3.8) is 0 Å². The highest BCUT2D eigenvalue weighted by Gasteiger charge is 2.11. The van der Waals surface area contributed by atoms with E-state index < -0.39 is 0 Å². The average Bonchev–Trinajstić information content (AvgIpc) is 2.47. The van der Waals surface area contributed by atoms with Gasteiger partial charge in [-0.1, -0.05) is 35.9 Å². The fraction of sp³-hybridized carbons (Fsp3) is 0.333. The van der Waals surface area contributed by atoms with E-state index in [1.165, 1.54) is 24.3 Å². The van der Waals surface area contributed by atoms with Gasteiger partial charge in [0.25, 0.3) is 0 Å². The highest BCUT2D eigenvalue weighted by Crippen LogP contribution is 2.21. The molecule has 0 aliphatic carbocycles. The molecule has 2 rings (SSSR count). The maximum atomic E-state index is 13.7. The number of nitrogens with two attached hydrogens (primary N) is 1. The molecule has 0 heterocycles. The van der Waals surface area contributed by atoms with Crippen LogP contribution >= 0.6 is 0 Å². The summed E-state index contributed by atoms with van der Waals surface area (Å²) in [5.41, 5.74) is 9.36. The average molecular weight is 287 g/mol. The minimum Gasteiger partial charge on any atom is -0.494 e. The van der Waals surface area contributed by atoms with Gasteiger partial charge in [-0.2, -0.15) is 0 Å². The standard InChI is InChI=1S/C18H22FNO/c1-13-4-3-5-14(8-13)9-16(12-20)10-15-6-7-18(21-2)17(19)11-15/h3-8,11,16H,9-10,12,20H2,1-2H3. The number of hydrogen-bond acceptors (Lipinski definition) is 2. The highest BCUT2D eigenvalue weighted by atomic mass is 19.1.